The lowest BCUT2D eigenvalue weighted by atomic mass is 10.2. The normalized spacial score (nSPS) is 17.7. The Kier molecular flexibility index (Phi) is 7.54. The smallest absolute Gasteiger partial charge is 0.478 e. The Morgan fingerprint density at radius 3 is 2.42 bits per heavy atom. The van der Waals surface area contributed by atoms with E-state index in [-0.39, 0.29) is 28.8 Å². The van der Waals surface area contributed by atoms with Crippen LogP contribution in [0.25, 0.3) is 0 Å². The van der Waals surface area contributed by atoms with Gasteiger partial charge in [-0.1, -0.05) is 11.8 Å². The van der Waals surface area contributed by atoms with E-state index in [2.05, 4.69) is 15.0 Å². The molecule has 1 atom stereocenters. The number of amidine groups is 1. The SMILES string of the molecule is CCN1C(=O)C[C@@H](C(=O)Nc2ccc(C(=O)O)cc2)SC1=Nc1ccc(OC(F)(F)Cl)cc1. The highest BCUT2D eigenvalue weighted by molar-refractivity contribution is 8.15. The number of amides is 2. The van der Waals surface area contributed by atoms with E-state index in [1.54, 1.807) is 6.92 Å². The van der Waals surface area contributed by atoms with Gasteiger partial charge in [0.2, 0.25) is 11.8 Å². The van der Waals surface area contributed by atoms with Gasteiger partial charge in [0.15, 0.2) is 5.17 Å². The molecule has 0 radical (unpaired) electrons. The molecule has 0 spiro atoms. The molecular weight excluding hydrogens is 480 g/mol. The third kappa shape index (κ3) is 6.65. The van der Waals surface area contributed by atoms with E-state index in [1.165, 1.54) is 53.4 Å². The Labute approximate surface area is 196 Å². The fraction of sp³-hybridized carbons (Fsp3) is 0.238. The van der Waals surface area contributed by atoms with Crippen molar-refractivity contribution in [1.82, 2.24) is 4.90 Å². The molecule has 174 valence electrons. The zero-order valence-electron chi connectivity index (χ0n) is 17.1. The molecule has 2 aromatic carbocycles. The summed E-state index contributed by atoms with van der Waals surface area (Å²) in [5.41, 5.74) is -3.01. The second-order valence-electron chi connectivity index (χ2n) is 6.76. The number of thioether (sulfide) groups is 1. The van der Waals surface area contributed by atoms with Gasteiger partial charge in [0.05, 0.1) is 11.3 Å². The first-order valence-corrected chi connectivity index (χ1v) is 10.9. The van der Waals surface area contributed by atoms with Crippen LogP contribution in [0, 0.1) is 0 Å². The molecule has 3 rings (SSSR count). The second-order valence-corrected chi connectivity index (χ2v) is 8.37. The van der Waals surface area contributed by atoms with Gasteiger partial charge in [-0.05, 0) is 55.5 Å². The van der Waals surface area contributed by atoms with Gasteiger partial charge in [-0.25, -0.2) is 9.79 Å². The van der Waals surface area contributed by atoms with Crippen LogP contribution < -0.4 is 10.1 Å². The van der Waals surface area contributed by atoms with Crippen molar-refractivity contribution in [3.63, 3.8) is 0 Å². The fourth-order valence-electron chi connectivity index (χ4n) is 2.90. The third-order valence-electron chi connectivity index (χ3n) is 4.44. The number of aliphatic imine (C=N–C) groups is 1. The number of benzene rings is 2. The Hall–Kier alpha value is -3.18. The lowest BCUT2D eigenvalue weighted by molar-refractivity contribution is -0.129. The van der Waals surface area contributed by atoms with Crippen molar-refractivity contribution in [2.45, 2.75) is 24.2 Å². The van der Waals surface area contributed by atoms with Gasteiger partial charge in [0.25, 0.3) is 0 Å². The van der Waals surface area contributed by atoms with Crippen LogP contribution in [0.4, 0.5) is 20.2 Å². The number of carboxylic acid groups (broad SMARTS) is 1. The maximum Gasteiger partial charge on any atom is 0.487 e. The number of carbonyl (C=O) groups is 3. The van der Waals surface area contributed by atoms with Crippen LogP contribution >= 0.6 is 23.4 Å². The first-order valence-electron chi connectivity index (χ1n) is 9.61. The van der Waals surface area contributed by atoms with Crippen molar-refractivity contribution in [3.8, 4) is 5.75 Å². The molecular formula is C21H18ClF2N3O5S. The first kappa shape index (κ1) is 24.5. The number of nitrogens with zero attached hydrogens (tertiary/aromatic N) is 2. The highest BCUT2D eigenvalue weighted by Crippen LogP contribution is 2.31. The molecule has 12 heteroatoms. The van der Waals surface area contributed by atoms with Crippen molar-refractivity contribution in [2.75, 3.05) is 11.9 Å². The van der Waals surface area contributed by atoms with E-state index in [9.17, 15) is 23.2 Å². The highest BCUT2D eigenvalue weighted by Gasteiger charge is 2.35. The summed E-state index contributed by atoms with van der Waals surface area (Å²) < 4.78 is 29.8. The first-order chi connectivity index (χ1) is 15.6. The van der Waals surface area contributed by atoms with Crippen LogP contribution in [0.15, 0.2) is 53.5 Å². The minimum Gasteiger partial charge on any atom is -0.478 e. The number of hydrogen-bond donors (Lipinski definition) is 2. The van der Waals surface area contributed by atoms with E-state index >= 15 is 0 Å². The number of carbonyl (C=O) groups excluding carboxylic acids is 2. The number of halogens is 3. The van der Waals surface area contributed by atoms with E-state index in [0.29, 0.717) is 17.9 Å². The standard InChI is InChI=1S/C21H18ClF2N3O5S/c1-2-27-17(28)11-16(18(29)25-13-5-3-12(4-6-13)19(30)31)33-20(27)26-14-7-9-15(10-8-14)32-21(22,23)24/h3-10,16H,2,11H2,1H3,(H,25,29)(H,30,31)/t16-/m0/s1. The maximum absolute atomic E-state index is 12.8. The molecule has 0 aliphatic carbocycles. The number of alkyl halides is 3. The molecule has 0 bridgehead atoms. The zero-order chi connectivity index (χ0) is 24.2. The average Bonchev–Trinajstić information content (AvgIpc) is 2.74. The zero-order valence-corrected chi connectivity index (χ0v) is 18.7. The summed E-state index contributed by atoms with van der Waals surface area (Å²) in [6.45, 7) is 2.09. The molecule has 0 saturated carbocycles. The van der Waals surface area contributed by atoms with E-state index in [4.69, 9.17) is 16.7 Å². The molecule has 2 aromatic rings. The second kappa shape index (κ2) is 10.2. The van der Waals surface area contributed by atoms with Crippen molar-refractivity contribution in [1.29, 1.82) is 0 Å². The van der Waals surface area contributed by atoms with Gasteiger partial charge in [-0.3, -0.25) is 14.5 Å². The van der Waals surface area contributed by atoms with Crippen molar-refractivity contribution in [2.24, 2.45) is 4.99 Å². The van der Waals surface area contributed by atoms with Gasteiger partial charge in [0, 0.05) is 30.3 Å². The van der Waals surface area contributed by atoms with Crippen LogP contribution in [0.3, 0.4) is 0 Å². The lowest BCUT2D eigenvalue weighted by Gasteiger charge is -2.30. The number of aromatic carboxylic acids is 1. The summed E-state index contributed by atoms with van der Waals surface area (Å²) in [6, 6.07) is 11.0. The minimum atomic E-state index is -3.84. The molecule has 8 nitrogen and oxygen atoms in total. The van der Waals surface area contributed by atoms with E-state index < -0.39 is 22.7 Å². The van der Waals surface area contributed by atoms with E-state index in [0.717, 1.165) is 11.8 Å². The molecule has 33 heavy (non-hydrogen) atoms. The number of ether oxygens (including phenoxy) is 1. The minimum absolute atomic E-state index is 0.0475. The number of hydrogen-bond acceptors (Lipinski definition) is 6. The Morgan fingerprint density at radius 2 is 1.88 bits per heavy atom. The quantitative estimate of drug-likeness (QED) is 0.544. The van der Waals surface area contributed by atoms with Gasteiger partial charge in [-0.2, -0.15) is 0 Å². The molecule has 2 N–H and O–H groups in total. The van der Waals surface area contributed by atoms with Crippen molar-refractivity contribution >= 4 is 57.7 Å². The number of nitrogens with one attached hydrogen (secondary N) is 1. The molecule has 1 aliphatic heterocycles. The molecule has 1 aliphatic rings. The number of carboxylic acids is 1. The van der Waals surface area contributed by atoms with Crippen LogP contribution in [0.1, 0.15) is 23.7 Å². The predicted molar refractivity (Wildman–Crippen MR) is 120 cm³/mol. The monoisotopic (exact) mass is 497 g/mol. The van der Waals surface area contributed by atoms with Crippen LogP contribution in [0.2, 0.25) is 0 Å². The Morgan fingerprint density at radius 1 is 1.24 bits per heavy atom. The molecule has 0 unspecified atom stereocenters. The Bertz CT molecular complexity index is 1070. The van der Waals surface area contributed by atoms with Crippen LogP contribution in [-0.4, -0.2) is 50.3 Å². The van der Waals surface area contributed by atoms with E-state index in [1.807, 2.05) is 0 Å². The molecule has 0 aromatic heterocycles. The summed E-state index contributed by atoms with van der Waals surface area (Å²) in [4.78, 5) is 42.1. The summed E-state index contributed by atoms with van der Waals surface area (Å²) in [5, 5.41) is 11.1. The fourth-order valence-corrected chi connectivity index (χ4v) is 4.16. The van der Waals surface area contributed by atoms with Gasteiger partial charge in [-0.15, -0.1) is 8.78 Å². The third-order valence-corrected chi connectivity index (χ3v) is 5.71. The van der Waals surface area contributed by atoms with Gasteiger partial charge in [0.1, 0.15) is 11.0 Å². The predicted octanol–water partition coefficient (Wildman–Crippen LogP) is 4.53. The van der Waals surface area contributed by atoms with Crippen LogP contribution in [0.5, 0.6) is 5.75 Å². The highest BCUT2D eigenvalue weighted by atomic mass is 35.5. The topological polar surface area (TPSA) is 108 Å². The largest absolute Gasteiger partial charge is 0.487 e. The van der Waals surface area contributed by atoms with Crippen molar-refractivity contribution in [3.05, 3.63) is 54.1 Å². The summed E-state index contributed by atoms with van der Waals surface area (Å²) in [7, 11) is 0. The summed E-state index contributed by atoms with van der Waals surface area (Å²) in [5.74, 6) is -1.98. The summed E-state index contributed by atoms with van der Waals surface area (Å²) >= 11 is 5.84. The molecule has 1 saturated heterocycles. The lowest BCUT2D eigenvalue weighted by Crippen LogP contribution is -2.45. The number of rotatable bonds is 7. The summed E-state index contributed by atoms with van der Waals surface area (Å²) in [6.07, 6.45) is -0.0475. The Balaban J connectivity index is 1.75. The molecule has 1 fully saturated rings. The molecule has 2 amide bonds. The van der Waals surface area contributed by atoms with Gasteiger partial charge < -0.3 is 15.2 Å². The van der Waals surface area contributed by atoms with Crippen molar-refractivity contribution < 1.29 is 33.0 Å². The van der Waals surface area contributed by atoms with Gasteiger partial charge >= 0.3 is 11.5 Å². The number of anilines is 1. The average molecular weight is 498 g/mol. The van der Waals surface area contributed by atoms with Crippen LogP contribution in [-0.2, 0) is 9.59 Å². The molecule has 1 heterocycles. The maximum atomic E-state index is 12.8.